The van der Waals surface area contributed by atoms with Crippen LogP contribution in [0.5, 0.6) is 0 Å². The summed E-state index contributed by atoms with van der Waals surface area (Å²) in [6.07, 6.45) is 7.04. The molecule has 1 amide bonds. The first-order valence-corrected chi connectivity index (χ1v) is 7.62. The number of carbonyl (C=O) groups excluding carboxylic acids is 1. The standard InChI is InChI=1S/C14H22N2OS/c1-9(2)16-14(17)12-10-7-5-3-4-6-8-11(10)18-13(12)15/h9H,3-8,15H2,1-2H3,(H,16,17). The summed E-state index contributed by atoms with van der Waals surface area (Å²) in [5, 5.41) is 3.65. The second-order valence-electron chi connectivity index (χ2n) is 5.29. The van der Waals surface area contributed by atoms with Gasteiger partial charge in [0.15, 0.2) is 0 Å². The van der Waals surface area contributed by atoms with Crippen LogP contribution < -0.4 is 11.1 Å². The van der Waals surface area contributed by atoms with E-state index in [0.717, 1.165) is 18.4 Å². The van der Waals surface area contributed by atoms with Crippen LogP contribution in [0.1, 0.15) is 60.3 Å². The zero-order valence-corrected chi connectivity index (χ0v) is 12.0. The third-order valence-corrected chi connectivity index (χ3v) is 4.47. The highest BCUT2D eigenvalue weighted by Crippen LogP contribution is 2.35. The summed E-state index contributed by atoms with van der Waals surface area (Å²) in [5.41, 5.74) is 8.03. The van der Waals surface area contributed by atoms with Crippen LogP contribution in [0.2, 0.25) is 0 Å². The molecule has 18 heavy (non-hydrogen) atoms. The Morgan fingerprint density at radius 2 is 1.89 bits per heavy atom. The maximum Gasteiger partial charge on any atom is 0.254 e. The van der Waals surface area contributed by atoms with Gasteiger partial charge in [-0.1, -0.05) is 12.8 Å². The zero-order chi connectivity index (χ0) is 13.1. The fraction of sp³-hybridized carbons (Fsp3) is 0.643. The van der Waals surface area contributed by atoms with Crippen molar-refractivity contribution >= 4 is 22.2 Å². The van der Waals surface area contributed by atoms with Gasteiger partial charge < -0.3 is 11.1 Å². The minimum atomic E-state index is 0.000531. The summed E-state index contributed by atoms with van der Waals surface area (Å²) in [5.74, 6) is 0.000531. The number of carbonyl (C=O) groups is 1. The van der Waals surface area contributed by atoms with Crippen LogP contribution in [0.15, 0.2) is 0 Å². The molecule has 0 atom stereocenters. The smallest absolute Gasteiger partial charge is 0.254 e. The molecule has 3 N–H and O–H groups in total. The van der Waals surface area contributed by atoms with E-state index in [1.54, 1.807) is 11.3 Å². The van der Waals surface area contributed by atoms with E-state index < -0.39 is 0 Å². The molecule has 1 heterocycles. The Labute approximate surface area is 113 Å². The van der Waals surface area contributed by atoms with Crippen LogP contribution in [0.25, 0.3) is 0 Å². The van der Waals surface area contributed by atoms with Crippen molar-refractivity contribution in [2.75, 3.05) is 5.73 Å². The van der Waals surface area contributed by atoms with E-state index in [2.05, 4.69) is 5.32 Å². The Bertz CT molecular complexity index is 437. The highest BCUT2D eigenvalue weighted by Gasteiger charge is 2.22. The monoisotopic (exact) mass is 266 g/mol. The average Bonchev–Trinajstić information content (AvgIpc) is 2.53. The summed E-state index contributed by atoms with van der Waals surface area (Å²) in [6, 6.07) is 0.154. The first kappa shape index (κ1) is 13.4. The van der Waals surface area contributed by atoms with Crippen molar-refractivity contribution in [3.63, 3.8) is 0 Å². The maximum atomic E-state index is 12.2. The number of hydrogen-bond acceptors (Lipinski definition) is 3. The van der Waals surface area contributed by atoms with E-state index in [0.29, 0.717) is 5.00 Å². The van der Waals surface area contributed by atoms with Crippen LogP contribution in [-0.2, 0) is 12.8 Å². The van der Waals surface area contributed by atoms with Crippen molar-refractivity contribution in [3.05, 3.63) is 16.0 Å². The number of thiophene rings is 1. The SMILES string of the molecule is CC(C)NC(=O)c1c(N)sc2c1CCCCCC2. The lowest BCUT2D eigenvalue weighted by Gasteiger charge is -2.13. The van der Waals surface area contributed by atoms with Crippen LogP contribution >= 0.6 is 11.3 Å². The van der Waals surface area contributed by atoms with Gasteiger partial charge in [-0.05, 0) is 45.1 Å². The molecule has 0 spiro atoms. The maximum absolute atomic E-state index is 12.2. The molecule has 0 radical (unpaired) electrons. The molecule has 0 unspecified atom stereocenters. The number of aryl methyl sites for hydroxylation is 1. The molecule has 4 heteroatoms. The number of fused-ring (bicyclic) bond motifs is 1. The molecule has 1 aliphatic carbocycles. The summed E-state index contributed by atoms with van der Waals surface area (Å²) < 4.78 is 0. The Morgan fingerprint density at radius 1 is 1.22 bits per heavy atom. The normalized spacial score (nSPS) is 15.9. The molecule has 0 aromatic carbocycles. The lowest BCUT2D eigenvalue weighted by molar-refractivity contribution is 0.0943. The van der Waals surface area contributed by atoms with E-state index in [-0.39, 0.29) is 11.9 Å². The third-order valence-electron chi connectivity index (χ3n) is 3.35. The molecule has 2 rings (SSSR count). The first-order valence-electron chi connectivity index (χ1n) is 6.80. The second kappa shape index (κ2) is 5.74. The van der Waals surface area contributed by atoms with Gasteiger partial charge >= 0.3 is 0 Å². The number of nitrogens with one attached hydrogen (secondary N) is 1. The predicted molar refractivity (Wildman–Crippen MR) is 77.2 cm³/mol. The fourth-order valence-electron chi connectivity index (χ4n) is 2.52. The van der Waals surface area contributed by atoms with Crippen LogP contribution in [0, 0.1) is 0 Å². The van der Waals surface area contributed by atoms with Gasteiger partial charge in [0.1, 0.15) is 0 Å². The van der Waals surface area contributed by atoms with E-state index in [9.17, 15) is 4.79 Å². The van der Waals surface area contributed by atoms with Crippen LogP contribution in [0.4, 0.5) is 5.00 Å². The quantitative estimate of drug-likeness (QED) is 0.864. The summed E-state index contributed by atoms with van der Waals surface area (Å²) in [4.78, 5) is 13.6. The molecule has 1 aliphatic rings. The van der Waals surface area contributed by atoms with E-state index in [4.69, 9.17) is 5.73 Å². The molecule has 0 fully saturated rings. The van der Waals surface area contributed by atoms with Crippen molar-refractivity contribution in [2.45, 2.75) is 58.4 Å². The number of rotatable bonds is 2. The molecule has 0 saturated carbocycles. The Morgan fingerprint density at radius 3 is 2.56 bits per heavy atom. The Hall–Kier alpha value is -1.03. The van der Waals surface area contributed by atoms with E-state index >= 15 is 0 Å². The molecule has 100 valence electrons. The van der Waals surface area contributed by atoms with Crippen molar-refractivity contribution in [2.24, 2.45) is 0 Å². The van der Waals surface area contributed by atoms with Gasteiger partial charge in [0.2, 0.25) is 0 Å². The van der Waals surface area contributed by atoms with Gasteiger partial charge in [0.05, 0.1) is 10.6 Å². The van der Waals surface area contributed by atoms with Crippen molar-refractivity contribution in [1.29, 1.82) is 0 Å². The molecular formula is C14H22N2OS. The molecule has 0 bridgehead atoms. The van der Waals surface area contributed by atoms with Gasteiger partial charge in [-0.2, -0.15) is 0 Å². The molecule has 0 saturated heterocycles. The second-order valence-corrected chi connectivity index (χ2v) is 6.42. The number of anilines is 1. The minimum Gasteiger partial charge on any atom is -0.390 e. The lowest BCUT2D eigenvalue weighted by Crippen LogP contribution is -2.31. The van der Waals surface area contributed by atoms with Crippen molar-refractivity contribution < 1.29 is 4.79 Å². The zero-order valence-electron chi connectivity index (χ0n) is 11.2. The van der Waals surface area contributed by atoms with Gasteiger partial charge in [0.25, 0.3) is 5.91 Å². The summed E-state index contributed by atoms with van der Waals surface area (Å²) in [6.45, 7) is 3.95. The Kier molecular flexibility index (Phi) is 4.27. The summed E-state index contributed by atoms with van der Waals surface area (Å²) >= 11 is 1.61. The molecule has 1 aromatic heterocycles. The molecule has 3 nitrogen and oxygen atoms in total. The predicted octanol–water partition coefficient (Wildman–Crippen LogP) is 3.13. The highest BCUT2D eigenvalue weighted by atomic mass is 32.1. The topological polar surface area (TPSA) is 55.1 Å². The number of hydrogen-bond donors (Lipinski definition) is 2. The van der Waals surface area contributed by atoms with E-state index in [1.807, 2.05) is 13.8 Å². The number of amides is 1. The molecule has 1 aromatic rings. The van der Waals surface area contributed by atoms with E-state index in [1.165, 1.54) is 36.1 Å². The number of nitrogens with two attached hydrogens (primary N) is 1. The van der Waals surface area contributed by atoms with Gasteiger partial charge in [-0.15, -0.1) is 11.3 Å². The van der Waals surface area contributed by atoms with Crippen LogP contribution in [-0.4, -0.2) is 11.9 Å². The number of nitrogen functional groups attached to an aromatic ring is 1. The van der Waals surface area contributed by atoms with Crippen LogP contribution in [0.3, 0.4) is 0 Å². The highest BCUT2D eigenvalue weighted by molar-refractivity contribution is 7.16. The van der Waals surface area contributed by atoms with Gasteiger partial charge in [-0.25, -0.2) is 0 Å². The molecule has 0 aliphatic heterocycles. The lowest BCUT2D eigenvalue weighted by atomic mass is 9.96. The Balaban J connectivity index is 2.31. The van der Waals surface area contributed by atoms with Gasteiger partial charge in [0, 0.05) is 10.9 Å². The minimum absolute atomic E-state index is 0.000531. The van der Waals surface area contributed by atoms with Crippen molar-refractivity contribution in [3.8, 4) is 0 Å². The third kappa shape index (κ3) is 2.86. The largest absolute Gasteiger partial charge is 0.390 e. The fourth-order valence-corrected chi connectivity index (χ4v) is 3.68. The van der Waals surface area contributed by atoms with Gasteiger partial charge in [-0.3, -0.25) is 4.79 Å². The van der Waals surface area contributed by atoms with Crippen molar-refractivity contribution in [1.82, 2.24) is 5.32 Å². The average molecular weight is 266 g/mol. The molecular weight excluding hydrogens is 244 g/mol. The summed E-state index contributed by atoms with van der Waals surface area (Å²) in [7, 11) is 0. The first-order chi connectivity index (χ1) is 8.59.